The lowest BCUT2D eigenvalue weighted by Crippen LogP contribution is -2.14. The normalized spacial score (nSPS) is 10.5. The number of rotatable bonds is 7. The number of hydrogen-bond donors (Lipinski definition) is 3. The molecule has 166 valence electrons. The van der Waals surface area contributed by atoms with Crippen molar-refractivity contribution in [3.63, 3.8) is 0 Å². The molecule has 0 aliphatic heterocycles. The summed E-state index contributed by atoms with van der Waals surface area (Å²) in [6.45, 7) is 0. The minimum atomic E-state index is -0.836. The molecule has 0 aliphatic rings. The predicted octanol–water partition coefficient (Wildman–Crippen LogP) is 5.82. The van der Waals surface area contributed by atoms with Crippen LogP contribution >= 0.6 is 22.6 Å². The first-order valence-electron chi connectivity index (χ1n) is 9.74. The summed E-state index contributed by atoms with van der Waals surface area (Å²) in [5.41, 5.74) is 2.28. The van der Waals surface area contributed by atoms with Crippen LogP contribution in [0.5, 0.6) is 0 Å². The van der Waals surface area contributed by atoms with Crippen molar-refractivity contribution < 1.29 is 13.6 Å². The summed E-state index contributed by atoms with van der Waals surface area (Å²) in [5, 5.41) is 8.92. The van der Waals surface area contributed by atoms with Crippen molar-refractivity contribution in [1.82, 2.24) is 15.0 Å². The zero-order valence-corrected chi connectivity index (χ0v) is 19.2. The third kappa shape index (κ3) is 5.77. The highest BCUT2D eigenvalue weighted by Crippen LogP contribution is 2.23. The molecular formula is C23H17F2IN6O. The second kappa shape index (κ2) is 10.3. The molecule has 1 amide bonds. The van der Waals surface area contributed by atoms with Gasteiger partial charge < -0.3 is 16.0 Å². The monoisotopic (exact) mass is 558 g/mol. The number of nitrogens with one attached hydrogen (secondary N) is 3. The minimum absolute atomic E-state index is 0.145. The van der Waals surface area contributed by atoms with Crippen LogP contribution in [0.4, 0.5) is 37.5 Å². The molecule has 0 atom stereocenters. The van der Waals surface area contributed by atoms with Gasteiger partial charge in [-0.25, -0.2) is 19.3 Å². The molecule has 0 fully saturated rings. The van der Waals surface area contributed by atoms with Crippen LogP contribution < -0.4 is 16.0 Å². The van der Waals surface area contributed by atoms with Crippen LogP contribution in [-0.4, -0.2) is 20.9 Å². The topological polar surface area (TPSA) is 91.8 Å². The Bertz CT molecular complexity index is 1300. The van der Waals surface area contributed by atoms with Gasteiger partial charge in [-0.3, -0.25) is 4.79 Å². The Kier molecular flexibility index (Phi) is 7.03. The highest BCUT2D eigenvalue weighted by molar-refractivity contribution is 14.1. The Morgan fingerprint density at radius 2 is 1.58 bits per heavy atom. The summed E-state index contributed by atoms with van der Waals surface area (Å²) < 4.78 is 28.0. The van der Waals surface area contributed by atoms with Crippen molar-refractivity contribution >= 4 is 57.2 Å². The van der Waals surface area contributed by atoms with Crippen molar-refractivity contribution in [2.75, 3.05) is 16.0 Å². The summed E-state index contributed by atoms with van der Waals surface area (Å²) in [6, 6.07) is 16.2. The van der Waals surface area contributed by atoms with Gasteiger partial charge in [0, 0.05) is 33.8 Å². The van der Waals surface area contributed by atoms with Crippen LogP contribution in [0.25, 0.3) is 0 Å². The first-order valence-corrected chi connectivity index (χ1v) is 11.3. The quantitative estimate of drug-likeness (QED) is 0.150. The molecule has 10 heteroatoms. The minimum Gasteiger partial charge on any atom is -0.340 e. The molecule has 0 unspecified atom stereocenters. The van der Waals surface area contributed by atoms with E-state index in [1.54, 1.807) is 42.5 Å². The zero-order chi connectivity index (χ0) is 23.2. The van der Waals surface area contributed by atoms with E-state index in [1.165, 1.54) is 30.7 Å². The van der Waals surface area contributed by atoms with Crippen LogP contribution in [0, 0.1) is 11.8 Å². The average molecular weight is 558 g/mol. The molecule has 0 saturated heterocycles. The van der Waals surface area contributed by atoms with E-state index in [-0.39, 0.29) is 11.4 Å². The molecule has 33 heavy (non-hydrogen) atoms. The number of aromatic nitrogens is 3. The highest BCUT2D eigenvalue weighted by Gasteiger charge is 2.12. The number of halogens is 3. The molecular weight excluding hydrogens is 541 g/mol. The molecule has 0 spiro atoms. The molecule has 4 aromatic rings. The Morgan fingerprint density at radius 3 is 2.30 bits per heavy atom. The number of nitrogens with zero attached hydrogens (tertiary/aromatic N) is 3. The van der Waals surface area contributed by atoms with Crippen molar-refractivity contribution in [1.29, 1.82) is 0 Å². The fourth-order valence-corrected chi connectivity index (χ4v) is 3.56. The maximum Gasteiger partial charge on any atom is 0.260 e. The molecule has 4 rings (SSSR count). The number of amides is 1. The summed E-state index contributed by atoms with van der Waals surface area (Å²) >= 11 is 2.11. The smallest absolute Gasteiger partial charge is 0.260 e. The molecule has 2 aromatic heterocycles. The van der Waals surface area contributed by atoms with Gasteiger partial charge in [-0.2, -0.15) is 4.39 Å². The van der Waals surface area contributed by atoms with Gasteiger partial charge in [-0.05, 0) is 54.1 Å². The van der Waals surface area contributed by atoms with Gasteiger partial charge in [0.05, 0.1) is 5.56 Å². The van der Waals surface area contributed by atoms with Gasteiger partial charge in [-0.15, -0.1) is 0 Å². The molecule has 0 aliphatic carbocycles. The Hall–Kier alpha value is -3.67. The van der Waals surface area contributed by atoms with Crippen LogP contribution in [-0.2, 0) is 4.43 Å². The van der Waals surface area contributed by atoms with Gasteiger partial charge in [0.2, 0.25) is 5.95 Å². The van der Waals surface area contributed by atoms with E-state index in [1.807, 2.05) is 0 Å². The van der Waals surface area contributed by atoms with Crippen molar-refractivity contribution in [2.24, 2.45) is 0 Å². The van der Waals surface area contributed by atoms with Gasteiger partial charge in [0.25, 0.3) is 5.91 Å². The molecule has 7 nitrogen and oxygen atoms in total. The lowest BCUT2D eigenvalue weighted by molar-refractivity contribution is 0.102. The van der Waals surface area contributed by atoms with E-state index in [9.17, 15) is 13.6 Å². The SMILES string of the molecule is O=C(Nc1cccc(Nc2cc(Nc3ccc(F)c(CI)c3)ncn2)c1)c1cccnc1F. The standard InChI is InChI=1S/C23H17F2IN6O/c24-19-7-6-17(9-14(19)12-26)31-21-11-20(28-13-29-21)30-15-3-1-4-16(10-15)32-23(33)18-5-2-8-27-22(18)25/h1-11,13H,12H2,(H,32,33)(H2,28,29,30,31). The molecule has 2 aromatic carbocycles. The fraction of sp³-hybridized carbons (Fsp3) is 0.0435. The number of pyridine rings is 1. The van der Waals surface area contributed by atoms with E-state index in [0.717, 1.165) is 0 Å². The highest BCUT2D eigenvalue weighted by atomic mass is 127. The maximum atomic E-state index is 13.7. The Balaban J connectivity index is 1.46. The maximum absolute atomic E-state index is 13.7. The predicted molar refractivity (Wildman–Crippen MR) is 131 cm³/mol. The van der Waals surface area contributed by atoms with E-state index in [2.05, 4.69) is 53.5 Å². The summed E-state index contributed by atoms with van der Waals surface area (Å²) in [4.78, 5) is 24.2. The molecule has 2 heterocycles. The van der Waals surface area contributed by atoms with Crippen molar-refractivity contribution in [3.05, 3.63) is 96.1 Å². The summed E-state index contributed by atoms with van der Waals surface area (Å²) in [5.74, 6) is -0.660. The third-order valence-electron chi connectivity index (χ3n) is 4.53. The van der Waals surface area contributed by atoms with Gasteiger partial charge in [0.1, 0.15) is 23.8 Å². The second-order valence-corrected chi connectivity index (χ2v) is 7.62. The number of anilines is 5. The van der Waals surface area contributed by atoms with Crippen LogP contribution in [0.3, 0.4) is 0 Å². The average Bonchev–Trinajstić information content (AvgIpc) is 2.81. The molecule has 3 N–H and O–H groups in total. The van der Waals surface area contributed by atoms with E-state index in [4.69, 9.17) is 0 Å². The summed E-state index contributed by atoms with van der Waals surface area (Å²) in [7, 11) is 0. The first kappa shape index (κ1) is 22.5. The number of carbonyl (C=O) groups is 1. The molecule has 0 saturated carbocycles. The fourth-order valence-electron chi connectivity index (χ4n) is 2.97. The zero-order valence-electron chi connectivity index (χ0n) is 17.0. The first-order chi connectivity index (χ1) is 16.0. The number of alkyl halides is 1. The van der Waals surface area contributed by atoms with Crippen molar-refractivity contribution in [2.45, 2.75) is 4.43 Å². The Morgan fingerprint density at radius 1 is 0.848 bits per heavy atom. The van der Waals surface area contributed by atoms with Crippen LogP contribution in [0.1, 0.15) is 15.9 Å². The number of carbonyl (C=O) groups excluding carboxylic acids is 1. The lowest BCUT2D eigenvalue weighted by atomic mass is 10.2. The number of hydrogen-bond acceptors (Lipinski definition) is 6. The van der Waals surface area contributed by atoms with Crippen LogP contribution in [0.2, 0.25) is 0 Å². The van der Waals surface area contributed by atoms with Gasteiger partial charge >= 0.3 is 0 Å². The Labute approximate surface area is 201 Å². The van der Waals surface area contributed by atoms with E-state index >= 15 is 0 Å². The third-order valence-corrected chi connectivity index (χ3v) is 5.35. The van der Waals surface area contributed by atoms with E-state index < -0.39 is 11.9 Å². The summed E-state index contributed by atoms with van der Waals surface area (Å²) in [6.07, 6.45) is 2.67. The van der Waals surface area contributed by atoms with E-state index in [0.29, 0.717) is 38.7 Å². The lowest BCUT2D eigenvalue weighted by Gasteiger charge is -2.11. The largest absolute Gasteiger partial charge is 0.340 e. The number of benzene rings is 2. The molecule has 0 bridgehead atoms. The van der Waals surface area contributed by atoms with Crippen molar-refractivity contribution in [3.8, 4) is 0 Å². The molecule has 0 radical (unpaired) electrons. The van der Waals surface area contributed by atoms with Gasteiger partial charge in [-0.1, -0.05) is 28.7 Å². The van der Waals surface area contributed by atoms with Crippen LogP contribution in [0.15, 0.2) is 73.2 Å². The van der Waals surface area contributed by atoms with Gasteiger partial charge in [0.15, 0.2) is 0 Å². The second-order valence-electron chi connectivity index (χ2n) is 6.86.